The van der Waals surface area contributed by atoms with E-state index in [1.54, 1.807) is 45.5 Å². The molecule has 0 saturated heterocycles. The SMILES string of the molecule is CCC(=O)CCC(C)SSCCC(=O)N(C)CCN(C)C(=O)CCOCCOCCC(C)C. The number of amides is 2. The number of rotatable bonds is 21. The Morgan fingerprint density at radius 3 is 1.94 bits per heavy atom. The van der Waals surface area contributed by atoms with E-state index in [9.17, 15) is 14.4 Å². The Kier molecular flexibility index (Phi) is 20.1. The molecule has 9 heteroatoms. The number of ether oxygens (including phenoxy) is 2. The van der Waals surface area contributed by atoms with Crippen molar-refractivity contribution >= 4 is 39.2 Å². The summed E-state index contributed by atoms with van der Waals surface area (Å²) < 4.78 is 11.0. The van der Waals surface area contributed by atoms with Gasteiger partial charge in [0.15, 0.2) is 0 Å². The normalized spacial score (nSPS) is 12.1. The number of ketones is 1. The Morgan fingerprint density at radius 2 is 1.36 bits per heavy atom. The predicted molar refractivity (Wildman–Crippen MR) is 140 cm³/mol. The quantitative estimate of drug-likeness (QED) is 0.170. The van der Waals surface area contributed by atoms with Crippen LogP contribution in [0, 0.1) is 5.92 Å². The third-order valence-corrected chi connectivity index (χ3v) is 8.11. The van der Waals surface area contributed by atoms with Crippen LogP contribution in [0.15, 0.2) is 0 Å². The first-order valence-corrected chi connectivity index (χ1v) is 14.5. The zero-order chi connectivity index (χ0) is 25.1. The molecule has 1 atom stereocenters. The Bertz CT molecular complexity index is 549. The summed E-state index contributed by atoms with van der Waals surface area (Å²) in [6.07, 6.45) is 3.97. The molecule has 33 heavy (non-hydrogen) atoms. The largest absolute Gasteiger partial charge is 0.379 e. The fourth-order valence-corrected chi connectivity index (χ4v) is 4.94. The minimum atomic E-state index is 0.0130. The Balaban J connectivity index is 3.79. The molecule has 0 N–H and O–H groups in total. The molecule has 0 fully saturated rings. The van der Waals surface area contributed by atoms with Crippen molar-refractivity contribution in [2.75, 3.05) is 59.4 Å². The molecule has 0 aliphatic carbocycles. The van der Waals surface area contributed by atoms with E-state index >= 15 is 0 Å². The number of likely N-dealkylation sites (N-methyl/N-ethyl adjacent to an activating group) is 2. The van der Waals surface area contributed by atoms with Crippen molar-refractivity contribution in [1.29, 1.82) is 0 Å². The lowest BCUT2D eigenvalue weighted by Gasteiger charge is -2.22. The van der Waals surface area contributed by atoms with E-state index in [1.165, 1.54) is 0 Å². The summed E-state index contributed by atoms with van der Waals surface area (Å²) in [7, 11) is 6.96. The number of hydrogen-bond donors (Lipinski definition) is 0. The van der Waals surface area contributed by atoms with Crippen LogP contribution in [0.1, 0.15) is 66.2 Å². The van der Waals surface area contributed by atoms with Gasteiger partial charge in [0.25, 0.3) is 0 Å². The van der Waals surface area contributed by atoms with Crippen molar-refractivity contribution in [2.45, 2.75) is 71.5 Å². The molecule has 0 rings (SSSR count). The maximum absolute atomic E-state index is 12.3. The Morgan fingerprint density at radius 1 is 0.788 bits per heavy atom. The fourth-order valence-electron chi connectivity index (χ4n) is 2.61. The van der Waals surface area contributed by atoms with Crippen LogP contribution in [0.2, 0.25) is 0 Å². The maximum Gasteiger partial charge on any atom is 0.224 e. The molecule has 0 aliphatic heterocycles. The first-order valence-electron chi connectivity index (χ1n) is 12.1. The topological polar surface area (TPSA) is 76.2 Å². The number of Topliss-reactive ketones (excluding diaryl/α,β-unsaturated/α-hetero) is 1. The van der Waals surface area contributed by atoms with Gasteiger partial charge in [-0.2, -0.15) is 0 Å². The third kappa shape index (κ3) is 19.3. The molecule has 0 bridgehead atoms. The second-order valence-corrected chi connectivity index (χ2v) is 11.6. The zero-order valence-electron chi connectivity index (χ0n) is 21.6. The van der Waals surface area contributed by atoms with Crippen LogP contribution in [0.3, 0.4) is 0 Å². The van der Waals surface area contributed by atoms with Gasteiger partial charge in [0.05, 0.1) is 26.2 Å². The van der Waals surface area contributed by atoms with Crippen LogP contribution in [-0.4, -0.2) is 92.0 Å². The fraction of sp³-hybridized carbons (Fsp3) is 0.875. The lowest BCUT2D eigenvalue weighted by atomic mass is 10.1. The average Bonchev–Trinajstić information content (AvgIpc) is 2.79. The van der Waals surface area contributed by atoms with Crippen LogP contribution >= 0.6 is 21.6 Å². The average molecular weight is 507 g/mol. The van der Waals surface area contributed by atoms with E-state index in [0.29, 0.717) is 75.5 Å². The summed E-state index contributed by atoms with van der Waals surface area (Å²) in [4.78, 5) is 39.2. The molecule has 0 aromatic rings. The van der Waals surface area contributed by atoms with Crippen LogP contribution in [0.5, 0.6) is 0 Å². The van der Waals surface area contributed by atoms with Crippen molar-refractivity contribution in [3.63, 3.8) is 0 Å². The monoisotopic (exact) mass is 506 g/mol. The minimum absolute atomic E-state index is 0.0130. The predicted octanol–water partition coefficient (Wildman–Crippen LogP) is 4.29. The number of carbonyl (C=O) groups excluding carboxylic acids is 3. The van der Waals surface area contributed by atoms with Gasteiger partial charge in [-0.25, -0.2) is 0 Å². The van der Waals surface area contributed by atoms with Gasteiger partial charge >= 0.3 is 0 Å². The summed E-state index contributed by atoms with van der Waals surface area (Å²) in [6.45, 7) is 11.5. The minimum Gasteiger partial charge on any atom is -0.379 e. The van der Waals surface area contributed by atoms with Crippen molar-refractivity contribution in [1.82, 2.24) is 9.80 Å². The molecule has 0 spiro atoms. The van der Waals surface area contributed by atoms with E-state index in [-0.39, 0.29) is 11.8 Å². The first-order chi connectivity index (χ1) is 15.7. The summed E-state index contributed by atoms with van der Waals surface area (Å²) in [5, 5.41) is 0.402. The van der Waals surface area contributed by atoms with Crippen LogP contribution in [0.4, 0.5) is 0 Å². The molecule has 1 unspecified atom stereocenters. The van der Waals surface area contributed by atoms with E-state index in [1.807, 2.05) is 6.92 Å². The lowest BCUT2D eigenvalue weighted by molar-refractivity contribution is -0.134. The van der Waals surface area contributed by atoms with Gasteiger partial charge in [-0.1, -0.05) is 49.3 Å². The van der Waals surface area contributed by atoms with Crippen molar-refractivity contribution in [3.8, 4) is 0 Å². The Labute approximate surface area is 209 Å². The van der Waals surface area contributed by atoms with Gasteiger partial charge in [0.2, 0.25) is 11.8 Å². The lowest BCUT2D eigenvalue weighted by Crippen LogP contribution is -2.37. The van der Waals surface area contributed by atoms with Crippen LogP contribution in [0.25, 0.3) is 0 Å². The zero-order valence-corrected chi connectivity index (χ0v) is 23.2. The summed E-state index contributed by atoms with van der Waals surface area (Å²) in [5.41, 5.74) is 0. The molecule has 2 amide bonds. The number of carbonyl (C=O) groups is 3. The molecule has 0 aromatic carbocycles. The van der Waals surface area contributed by atoms with Crippen molar-refractivity contribution in [2.24, 2.45) is 5.92 Å². The molecule has 0 heterocycles. The van der Waals surface area contributed by atoms with Crippen molar-refractivity contribution < 1.29 is 23.9 Å². The summed E-state index contributed by atoms with van der Waals surface area (Å²) >= 11 is 0. The smallest absolute Gasteiger partial charge is 0.224 e. The maximum atomic E-state index is 12.3. The molecule has 0 saturated carbocycles. The molecular weight excluding hydrogens is 460 g/mol. The third-order valence-electron chi connectivity index (χ3n) is 5.15. The molecular formula is C24H46N2O5S2. The molecule has 194 valence electrons. The van der Waals surface area contributed by atoms with Gasteiger partial charge in [-0.15, -0.1) is 0 Å². The summed E-state index contributed by atoms with van der Waals surface area (Å²) in [5.74, 6) is 1.78. The van der Waals surface area contributed by atoms with Gasteiger partial charge in [0.1, 0.15) is 5.78 Å². The first kappa shape index (κ1) is 32.2. The second kappa shape index (κ2) is 20.6. The van der Waals surface area contributed by atoms with Gasteiger partial charge in [-0.3, -0.25) is 14.4 Å². The van der Waals surface area contributed by atoms with Gasteiger partial charge in [-0.05, 0) is 18.8 Å². The standard InChI is InChI=1S/C24H46N2O5S2/c1-7-22(27)9-8-21(4)33-32-19-12-24(29)26(6)14-13-25(5)23(28)11-16-31-18-17-30-15-10-20(2)3/h20-21H,7-19H2,1-6H3. The highest BCUT2D eigenvalue weighted by atomic mass is 33.1. The second-order valence-electron chi connectivity index (χ2n) is 8.70. The van der Waals surface area contributed by atoms with E-state index in [2.05, 4.69) is 20.8 Å². The van der Waals surface area contributed by atoms with Crippen LogP contribution in [-0.2, 0) is 23.9 Å². The van der Waals surface area contributed by atoms with E-state index < -0.39 is 0 Å². The van der Waals surface area contributed by atoms with E-state index in [4.69, 9.17) is 9.47 Å². The van der Waals surface area contributed by atoms with Crippen LogP contribution < -0.4 is 0 Å². The molecule has 0 aliphatic rings. The highest BCUT2D eigenvalue weighted by molar-refractivity contribution is 8.76. The molecule has 0 radical (unpaired) electrons. The van der Waals surface area contributed by atoms with Gasteiger partial charge < -0.3 is 19.3 Å². The molecule has 7 nitrogen and oxygen atoms in total. The number of nitrogens with zero attached hydrogens (tertiary/aromatic N) is 2. The van der Waals surface area contributed by atoms with Gasteiger partial charge in [0, 0.05) is 64.1 Å². The molecule has 0 aromatic heterocycles. The Hall–Kier alpha value is -0.770. The van der Waals surface area contributed by atoms with E-state index in [0.717, 1.165) is 25.2 Å². The highest BCUT2D eigenvalue weighted by Crippen LogP contribution is 2.30. The number of hydrogen-bond acceptors (Lipinski definition) is 7. The summed E-state index contributed by atoms with van der Waals surface area (Å²) in [6, 6.07) is 0. The van der Waals surface area contributed by atoms with Crippen molar-refractivity contribution in [3.05, 3.63) is 0 Å². The highest BCUT2D eigenvalue weighted by Gasteiger charge is 2.13.